The van der Waals surface area contributed by atoms with E-state index < -0.39 is 4.92 Å². The standard InChI is InChI=1S/C18H18ClN3O3.ClH/c19-16-8-4-7-14(17(16)22(24)25)18(23)21-10-13(9-20)15(11-21)12-5-2-1-3-6-12;/h1-8,13,15H,9-11,20H2;1H/t13-,15+;/m1./s1. The average molecular weight is 396 g/mol. The molecule has 3 rings (SSSR count). The number of nitrogens with zero attached hydrogens (tertiary/aromatic N) is 2. The van der Waals surface area contributed by atoms with Crippen molar-refractivity contribution >= 4 is 35.6 Å². The molecule has 1 amide bonds. The van der Waals surface area contributed by atoms with Crippen LogP contribution in [-0.4, -0.2) is 35.4 Å². The van der Waals surface area contributed by atoms with Crippen LogP contribution in [-0.2, 0) is 0 Å². The zero-order valence-electron chi connectivity index (χ0n) is 13.9. The topological polar surface area (TPSA) is 89.5 Å². The van der Waals surface area contributed by atoms with Gasteiger partial charge in [0.1, 0.15) is 10.6 Å². The Hall–Kier alpha value is -2.15. The van der Waals surface area contributed by atoms with Crippen LogP contribution in [0.4, 0.5) is 5.69 Å². The number of halogens is 2. The Morgan fingerprint density at radius 1 is 1.19 bits per heavy atom. The number of hydrogen-bond donors (Lipinski definition) is 1. The lowest BCUT2D eigenvalue weighted by Gasteiger charge is -2.17. The normalized spacial score (nSPS) is 19.1. The van der Waals surface area contributed by atoms with Crippen LogP contribution in [0.3, 0.4) is 0 Å². The summed E-state index contributed by atoms with van der Waals surface area (Å²) < 4.78 is 0. The molecule has 2 N–H and O–H groups in total. The molecule has 0 spiro atoms. The van der Waals surface area contributed by atoms with Gasteiger partial charge in [0.05, 0.1) is 4.92 Å². The fraction of sp³-hybridized carbons (Fsp3) is 0.278. The number of hydrogen-bond acceptors (Lipinski definition) is 4. The van der Waals surface area contributed by atoms with Crippen molar-refractivity contribution in [2.45, 2.75) is 5.92 Å². The molecular weight excluding hydrogens is 377 g/mol. The summed E-state index contributed by atoms with van der Waals surface area (Å²) in [5.74, 6) is -0.149. The lowest BCUT2D eigenvalue weighted by Crippen LogP contribution is -2.30. The predicted molar refractivity (Wildman–Crippen MR) is 103 cm³/mol. The van der Waals surface area contributed by atoms with E-state index in [-0.39, 0.29) is 46.4 Å². The maximum atomic E-state index is 12.9. The molecule has 0 saturated carbocycles. The third kappa shape index (κ3) is 3.82. The van der Waals surface area contributed by atoms with Crippen LogP contribution in [0.1, 0.15) is 21.8 Å². The van der Waals surface area contributed by atoms with E-state index in [1.165, 1.54) is 12.1 Å². The number of nitrogens with two attached hydrogens (primary N) is 1. The minimum Gasteiger partial charge on any atom is -0.337 e. The second kappa shape index (κ2) is 8.49. The van der Waals surface area contributed by atoms with Gasteiger partial charge in [0.25, 0.3) is 5.91 Å². The van der Waals surface area contributed by atoms with Gasteiger partial charge in [-0.3, -0.25) is 14.9 Å². The smallest absolute Gasteiger partial charge is 0.300 e. The zero-order valence-corrected chi connectivity index (χ0v) is 15.4. The van der Waals surface area contributed by atoms with E-state index in [0.717, 1.165) is 5.56 Å². The first-order valence-corrected chi connectivity index (χ1v) is 8.38. The summed E-state index contributed by atoms with van der Waals surface area (Å²) in [6.45, 7) is 1.40. The van der Waals surface area contributed by atoms with Crippen molar-refractivity contribution in [3.8, 4) is 0 Å². The highest BCUT2D eigenvalue weighted by Crippen LogP contribution is 2.35. The van der Waals surface area contributed by atoms with Gasteiger partial charge >= 0.3 is 5.69 Å². The lowest BCUT2D eigenvalue weighted by molar-refractivity contribution is -0.385. The minimum atomic E-state index is -0.610. The Bertz CT molecular complexity index is 802. The van der Waals surface area contributed by atoms with E-state index in [0.29, 0.717) is 19.6 Å². The number of rotatable bonds is 4. The first-order chi connectivity index (χ1) is 12.0. The van der Waals surface area contributed by atoms with Crippen LogP contribution >= 0.6 is 24.0 Å². The van der Waals surface area contributed by atoms with Crippen molar-refractivity contribution in [1.82, 2.24) is 4.90 Å². The zero-order chi connectivity index (χ0) is 18.0. The van der Waals surface area contributed by atoms with Crippen LogP contribution in [0.5, 0.6) is 0 Å². The number of carbonyl (C=O) groups is 1. The molecule has 6 nitrogen and oxygen atoms in total. The molecule has 1 aliphatic heterocycles. The summed E-state index contributed by atoms with van der Waals surface area (Å²) in [5, 5.41) is 11.3. The van der Waals surface area contributed by atoms with Gasteiger partial charge in [0.15, 0.2) is 0 Å². The van der Waals surface area contributed by atoms with Crippen molar-refractivity contribution < 1.29 is 9.72 Å². The molecule has 1 heterocycles. The van der Waals surface area contributed by atoms with Crippen LogP contribution in [0.15, 0.2) is 48.5 Å². The molecule has 2 aromatic rings. The van der Waals surface area contributed by atoms with Crippen LogP contribution in [0, 0.1) is 16.0 Å². The number of likely N-dealkylation sites (tertiary alicyclic amines) is 1. The van der Waals surface area contributed by atoms with Crippen molar-refractivity contribution in [3.63, 3.8) is 0 Å². The third-order valence-electron chi connectivity index (χ3n) is 4.66. The average Bonchev–Trinajstić information content (AvgIpc) is 3.05. The second-order valence-corrected chi connectivity index (χ2v) is 6.52. The van der Waals surface area contributed by atoms with Gasteiger partial charge in [0, 0.05) is 19.0 Å². The maximum absolute atomic E-state index is 12.9. The van der Waals surface area contributed by atoms with Crippen molar-refractivity contribution in [3.05, 3.63) is 74.8 Å². The number of nitro groups is 1. The lowest BCUT2D eigenvalue weighted by atomic mass is 9.89. The Kier molecular flexibility index (Phi) is 6.58. The van der Waals surface area contributed by atoms with E-state index in [2.05, 4.69) is 0 Å². The molecule has 0 unspecified atom stereocenters. The van der Waals surface area contributed by atoms with E-state index in [1.807, 2.05) is 30.3 Å². The molecule has 1 aliphatic rings. The van der Waals surface area contributed by atoms with E-state index in [4.69, 9.17) is 17.3 Å². The molecule has 2 atom stereocenters. The monoisotopic (exact) mass is 395 g/mol. The van der Waals surface area contributed by atoms with E-state index in [9.17, 15) is 14.9 Å². The highest BCUT2D eigenvalue weighted by Gasteiger charge is 2.37. The Labute approximate surface area is 162 Å². The van der Waals surface area contributed by atoms with Crippen molar-refractivity contribution in [1.29, 1.82) is 0 Å². The number of carbonyl (C=O) groups excluding carboxylic acids is 1. The quantitative estimate of drug-likeness (QED) is 0.633. The molecule has 1 saturated heterocycles. The SMILES string of the molecule is Cl.NC[C@@H]1CN(C(=O)c2cccc(Cl)c2[N+](=O)[O-])C[C@H]1c1ccccc1. The molecule has 138 valence electrons. The van der Waals surface area contributed by atoms with Gasteiger partial charge in [-0.1, -0.05) is 48.0 Å². The number of nitro benzene ring substituents is 1. The van der Waals surface area contributed by atoms with Crippen molar-refractivity contribution in [2.24, 2.45) is 11.7 Å². The van der Waals surface area contributed by atoms with Crippen molar-refractivity contribution in [2.75, 3.05) is 19.6 Å². The van der Waals surface area contributed by atoms with Gasteiger partial charge in [0.2, 0.25) is 0 Å². The largest absolute Gasteiger partial charge is 0.337 e. The molecule has 8 heteroatoms. The number of benzene rings is 2. The van der Waals surface area contributed by atoms with Gasteiger partial charge < -0.3 is 10.6 Å². The molecule has 2 aromatic carbocycles. The van der Waals surface area contributed by atoms with Gasteiger partial charge in [-0.05, 0) is 30.2 Å². The van der Waals surface area contributed by atoms with Crippen LogP contribution in [0.25, 0.3) is 0 Å². The molecule has 1 fully saturated rings. The summed E-state index contributed by atoms with van der Waals surface area (Å²) in [6, 6.07) is 14.3. The summed E-state index contributed by atoms with van der Waals surface area (Å²) in [7, 11) is 0. The van der Waals surface area contributed by atoms with Gasteiger partial charge in [-0.25, -0.2) is 0 Å². The fourth-order valence-electron chi connectivity index (χ4n) is 3.40. The first kappa shape index (κ1) is 20.2. The molecule has 0 aliphatic carbocycles. The molecule has 0 bridgehead atoms. The highest BCUT2D eigenvalue weighted by atomic mass is 35.5. The molecular formula is C18H19Cl2N3O3. The maximum Gasteiger partial charge on any atom is 0.300 e. The molecule has 0 aromatic heterocycles. The summed E-state index contributed by atoms with van der Waals surface area (Å²) in [4.78, 5) is 25.2. The van der Waals surface area contributed by atoms with Crippen LogP contribution in [0.2, 0.25) is 5.02 Å². The van der Waals surface area contributed by atoms with Gasteiger partial charge in [-0.2, -0.15) is 0 Å². The van der Waals surface area contributed by atoms with Gasteiger partial charge in [-0.15, -0.1) is 12.4 Å². The Balaban J connectivity index is 0.00000243. The minimum absolute atomic E-state index is 0. The fourth-order valence-corrected chi connectivity index (χ4v) is 3.64. The van der Waals surface area contributed by atoms with E-state index >= 15 is 0 Å². The highest BCUT2D eigenvalue weighted by molar-refractivity contribution is 6.33. The Morgan fingerprint density at radius 3 is 2.50 bits per heavy atom. The molecule has 0 radical (unpaired) electrons. The van der Waals surface area contributed by atoms with E-state index in [1.54, 1.807) is 11.0 Å². The third-order valence-corrected chi connectivity index (χ3v) is 4.96. The second-order valence-electron chi connectivity index (χ2n) is 6.12. The Morgan fingerprint density at radius 2 is 1.88 bits per heavy atom. The number of amides is 1. The molecule has 26 heavy (non-hydrogen) atoms. The predicted octanol–water partition coefficient (Wildman–Crippen LogP) is 3.48. The summed E-state index contributed by atoms with van der Waals surface area (Å²) in [6.07, 6.45) is 0. The first-order valence-electron chi connectivity index (χ1n) is 8.00. The summed E-state index contributed by atoms with van der Waals surface area (Å²) in [5.41, 5.74) is 6.69. The number of para-hydroxylation sites is 1. The van der Waals surface area contributed by atoms with Crippen LogP contribution < -0.4 is 5.73 Å². The summed E-state index contributed by atoms with van der Waals surface area (Å²) >= 11 is 5.92.